The van der Waals surface area contributed by atoms with Crippen molar-refractivity contribution in [3.63, 3.8) is 0 Å². The second-order valence-electron chi connectivity index (χ2n) is 6.52. The van der Waals surface area contributed by atoms with Crippen molar-refractivity contribution in [2.75, 3.05) is 19.8 Å². The number of nitrogens with zero attached hydrogens (tertiary/aromatic N) is 1. The fraction of sp³-hybridized carbons (Fsp3) is 1.00. The molecule has 1 aliphatic carbocycles. The number of aliphatic hydroxyl groups excluding tert-OH is 1. The summed E-state index contributed by atoms with van der Waals surface area (Å²) in [5.41, 5.74) is 0. The molecule has 1 heterocycles. The van der Waals surface area contributed by atoms with E-state index in [0.717, 1.165) is 25.8 Å². The van der Waals surface area contributed by atoms with E-state index in [1.54, 1.807) is 0 Å². The Hall–Kier alpha value is -0.160. The number of aliphatic hydroxyl groups is 1. The normalized spacial score (nSPS) is 29.7. The average molecular weight is 285 g/mol. The maximum absolute atomic E-state index is 10.4. The summed E-state index contributed by atoms with van der Waals surface area (Å²) in [6.45, 7) is 9.11. The molecule has 2 fully saturated rings. The van der Waals surface area contributed by atoms with E-state index in [-0.39, 0.29) is 12.1 Å². The Kier molecular flexibility index (Phi) is 5.84. The van der Waals surface area contributed by atoms with Gasteiger partial charge in [-0.1, -0.05) is 19.8 Å². The van der Waals surface area contributed by atoms with Gasteiger partial charge in [-0.05, 0) is 33.2 Å². The maximum Gasteiger partial charge on any atom is 0.170 e. The molecule has 1 N–H and O–H groups in total. The van der Waals surface area contributed by atoms with Gasteiger partial charge in [-0.3, -0.25) is 4.90 Å². The molecular weight excluding hydrogens is 254 g/mol. The zero-order chi connectivity index (χ0) is 14.6. The van der Waals surface area contributed by atoms with E-state index in [2.05, 4.69) is 25.7 Å². The van der Waals surface area contributed by atoms with E-state index in [9.17, 15) is 5.11 Å². The van der Waals surface area contributed by atoms with Gasteiger partial charge in [-0.15, -0.1) is 0 Å². The molecule has 4 nitrogen and oxygen atoms in total. The Labute approximate surface area is 123 Å². The molecule has 1 aliphatic heterocycles. The van der Waals surface area contributed by atoms with Crippen LogP contribution in [0.2, 0.25) is 0 Å². The highest BCUT2D eigenvalue weighted by molar-refractivity contribution is 4.94. The highest BCUT2D eigenvalue weighted by Gasteiger charge is 2.46. The minimum atomic E-state index is -0.415. The first-order valence-corrected chi connectivity index (χ1v) is 8.30. The fourth-order valence-electron chi connectivity index (χ4n) is 3.57. The molecule has 1 saturated carbocycles. The summed E-state index contributed by atoms with van der Waals surface area (Å²) in [6.07, 6.45) is 5.84. The van der Waals surface area contributed by atoms with E-state index in [1.165, 1.54) is 19.3 Å². The van der Waals surface area contributed by atoms with E-state index in [1.807, 2.05) is 0 Å². The van der Waals surface area contributed by atoms with Gasteiger partial charge in [0.1, 0.15) is 0 Å². The first-order chi connectivity index (χ1) is 9.58. The molecule has 4 heteroatoms. The summed E-state index contributed by atoms with van der Waals surface area (Å²) < 4.78 is 11.7. The second kappa shape index (κ2) is 7.21. The smallest absolute Gasteiger partial charge is 0.170 e. The van der Waals surface area contributed by atoms with Gasteiger partial charge in [0.2, 0.25) is 0 Å². The molecule has 0 aromatic heterocycles. The number of rotatable bonds is 6. The molecular formula is C16H31NO3. The van der Waals surface area contributed by atoms with Crippen molar-refractivity contribution in [1.29, 1.82) is 0 Å². The van der Waals surface area contributed by atoms with Crippen molar-refractivity contribution in [2.45, 2.75) is 83.3 Å². The molecule has 0 aromatic carbocycles. The molecule has 2 aliphatic rings. The van der Waals surface area contributed by atoms with Gasteiger partial charge in [0.25, 0.3) is 0 Å². The third kappa shape index (κ3) is 3.73. The fourth-order valence-corrected chi connectivity index (χ4v) is 3.57. The highest BCUT2D eigenvalue weighted by Crippen LogP contribution is 2.38. The van der Waals surface area contributed by atoms with Gasteiger partial charge in [0.05, 0.1) is 19.3 Å². The molecule has 2 unspecified atom stereocenters. The van der Waals surface area contributed by atoms with Gasteiger partial charge in [-0.25, -0.2) is 0 Å². The quantitative estimate of drug-likeness (QED) is 0.762. The van der Waals surface area contributed by atoms with Crippen LogP contribution in [0.4, 0.5) is 0 Å². The van der Waals surface area contributed by atoms with Crippen LogP contribution in [0.15, 0.2) is 0 Å². The zero-order valence-electron chi connectivity index (χ0n) is 13.3. The van der Waals surface area contributed by atoms with Gasteiger partial charge >= 0.3 is 0 Å². The highest BCUT2D eigenvalue weighted by atomic mass is 16.7. The third-order valence-electron chi connectivity index (χ3n) is 4.71. The molecule has 0 bridgehead atoms. The minimum Gasteiger partial charge on any atom is -0.391 e. The van der Waals surface area contributed by atoms with E-state index < -0.39 is 5.79 Å². The summed E-state index contributed by atoms with van der Waals surface area (Å²) in [5, 5.41) is 10.4. The molecule has 0 aromatic rings. The van der Waals surface area contributed by atoms with Crippen LogP contribution in [0.1, 0.15) is 59.3 Å². The average Bonchev–Trinajstić information content (AvgIpc) is 2.86. The number of ether oxygens (including phenoxy) is 2. The standard InChI is InChI=1S/C16H31NO3/c1-4-5-6-9-17(13(2)3)14-12-16(8-7-15(14)18)19-10-11-20-16/h13-15,18H,4-12H2,1-3H3. The number of hydrogen-bond acceptors (Lipinski definition) is 4. The molecule has 20 heavy (non-hydrogen) atoms. The summed E-state index contributed by atoms with van der Waals surface area (Å²) in [4.78, 5) is 2.45. The lowest BCUT2D eigenvalue weighted by molar-refractivity contribution is -0.207. The molecule has 1 saturated heterocycles. The zero-order valence-corrected chi connectivity index (χ0v) is 13.3. The molecule has 2 rings (SSSR count). The van der Waals surface area contributed by atoms with Crippen molar-refractivity contribution in [1.82, 2.24) is 4.90 Å². The van der Waals surface area contributed by atoms with E-state index in [0.29, 0.717) is 19.3 Å². The van der Waals surface area contributed by atoms with Crippen LogP contribution in [0.3, 0.4) is 0 Å². The monoisotopic (exact) mass is 285 g/mol. The van der Waals surface area contributed by atoms with E-state index >= 15 is 0 Å². The maximum atomic E-state index is 10.4. The minimum absolute atomic E-state index is 0.165. The Morgan fingerprint density at radius 2 is 1.95 bits per heavy atom. The van der Waals surface area contributed by atoms with Crippen LogP contribution in [0.5, 0.6) is 0 Å². The molecule has 0 amide bonds. The first kappa shape index (κ1) is 16.2. The number of hydrogen-bond donors (Lipinski definition) is 1. The lowest BCUT2D eigenvalue weighted by Crippen LogP contribution is -2.55. The van der Waals surface area contributed by atoms with Crippen LogP contribution in [0, 0.1) is 0 Å². The molecule has 2 atom stereocenters. The topological polar surface area (TPSA) is 41.9 Å². The summed E-state index contributed by atoms with van der Waals surface area (Å²) in [5.74, 6) is -0.415. The van der Waals surface area contributed by atoms with Crippen LogP contribution >= 0.6 is 0 Å². The van der Waals surface area contributed by atoms with Crippen molar-refractivity contribution in [2.24, 2.45) is 0 Å². The molecule has 118 valence electrons. The Morgan fingerprint density at radius 3 is 2.55 bits per heavy atom. The van der Waals surface area contributed by atoms with Crippen LogP contribution in [-0.4, -0.2) is 53.7 Å². The summed E-state index contributed by atoms with van der Waals surface area (Å²) in [6, 6.07) is 0.613. The number of unbranched alkanes of at least 4 members (excludes halogenated alkanes) is 2. The second-order valence-corrected chi connectivity index (χ2v) is 6.52. The van der Waals surface area contributed by atoms with Gasteiger partial charge in [-0.2, -0.15) is 0 Å². The molecule has 0 radical (unpaired) electrons. The Morgan fingerprint density at radius 1 is 1.25 bits per heavy atom. The van der Waals surface area contributed by atoms with Crippen molar-refractivity contribution in [3.8, 4) is 0 Å². The summed E-state index contributed by atoms with van der Waals surface area (Å²) >= 11 is 0. The predicted octanol–water partition coefficient (Wildman–Crippen LogP) is 2.54. The van der Waals surface area contributed by atoms with Crippen LogP contribution in [-0.2, 0) is 9.47 Å². The van der Waals surface area contributed by atoms with Gasteiger partial charge < -0.3 is 14.6 Å². The van der Waals surface area contributed by atoms with Crippen molar-refractivity contribution in [3.05, 3.63) is 0 Å². The largest absolute Gasteiger partial charge is 0.391 e. The van der Waals surface area contributed by atoms with Gasteiger partial charge in [0, 0.05) is 24.9 Å². The van der Waals surface area contributed by atoms with Crippen LogP contribution in [0.25, 0.3) is 0 Å². The lowest BCUT2D eigenvalue weighted by atomic mass is 9.85. The van der Waals surface area contributed by atoms with Crippen LogP contribution < -0.4 is 0 Å². The van der Waals surface area contributed by atoms with Crippen molar-refractivity contribution >= 4 is 0 Å². The van der Waals surface area contributed by atoms with Gasteiger partial charge in [0.15, 0.2) is 5.79 Å². The Bertz CT molecular complexity index is 289. The molecule has 1 spiro atoms. The summed E-state index contributed by atoms with van der Waals surface area (Å²) in [7, 11) is 0. The Balaban J connectivity index is 2.00. The lowest BCUT2D eigenvalue weighted by Gasteiger charge is -2.45. The van der Waals surface area contributed by atoms with E-state index in [4.69, 9.17) is 9.47 Å². The first-order valence-electron chi connectivity index (χ1n) is 8.30. The third-order valence-corrected chi connectivity index (χ3v) is 4.71. The van der Waals surface area contributed by atoms with Crippen molar-refractivity contribution < 1.29 is 14.6 Å². The predicted molar refractivity (Wildman–Crippen MR) is 79.6 cm³/mol. The SMILES string of the molecule is CCCCCN(C(C)C)C1CC2(CCC1O)OCCO2.